The fraction of sp³-hybridized carbons (Fsp3) is 0.467. The van der Waals surface area contributed by atoms with Gasteiger partial charge in [-0.05, 0) is 74.9 Å². The first-order chi connectivity index (χ1) is 18.5. The monoisotopic (exact) mass is 533 g/mol. The number of benzene rings is 1. The van der Waals surface area contributed by atoms with E-state index in [1.165, 1.54) is 7.11 Å². The second kappa shape index (κ2) is 10.1. The van der Waals surface area contributed by atoms with Crippen molar-refractivity contribution in [3.8, 4) is 16.9 Å². The van der Waals surface area contributed by atoms with Crippen LogP contribution in [-0.2, 0) is 16.0 Å². The maximum Gasteiger partial charge on any atom is 0.226 e. The summed E-state index contributed by atoms with van der Waals surface area (Å²) in [4.78, 5) is 24.1. The molecule has 1 aromatic heterocycles. The number of nitrogens with zero attached hydrogens (tertiary/aromatic N) is 3. The van der Waals surface area contributed by atoms with Gasteiger partial charge in [-0.3, -0.25) is 4.79 Å². The van der Waals surface area contributed by atoms with E-state index in [0.717, 1.165) is 59.2 Å². The van der Waals surface area contributed by atoms with Crippen molar-refractivity contribution in [1.82, 2.24) is 9.88 Å². The van der Waals surface area contributed by atoms with Crippen LogP contribution >= 0.6 is 0 Å². The minimum absolute atomic E-state index is 0.0521. The maximum absolute atomic E-state index is 14.5. The number of aliphatic imine (C=N–C) groups is 1. The normalized spacial score (nSPS) is 23.0. The number of methoxy groups -OCH3 is 1. The Balaban J connectivity index is 1.33. The molecule has 0 bridgehead atoms. The number of halogens is 1. The third-order valence-corrected chi connectivity index (χ3v) is 8.56. The zero-order valence-corrected chi connectivity index (χ0v) is 23.2. The number of nitrogens with one attached hydrogen (secondary N) is 2. The SMILES string of the molecule is COC1=NC=C(F)C([C@@H](C)C(=O)N2CC[C@@]3(CCc4cc(-c5cc(O)c(C(C)=N)cc5C)c(C)nc4N3)C2)C1. The van der Waals surface area contributed by atoms with Crippen LogP contribution in [0.3, 0.4) is 0 Å². The lowest BCUT2D eigenvalue weighted by Gasteiger charge is -2.37. The number of ether oxygens (including phenoxy) is 1. The summed E-state index contributed by atoms with van der Waals surface area (Å²) in [6.07, 6.45) is 3.92. The number of phenolic OH excluding ortho intramolecular Hbond substituents is 1. The number of likely N-dealkylation sites (tertiary alicyclic amines) is 1. The molecule has 9 heteroatoms. The highest BCUT2D eigenvalue weighted by Crippen LogP contribution is 2.41. The average molecular weight is 534 g/mol. The molecule has 3 atom stereocenters. The Bertz CT molecular complexity index is 1420. The van der Waals surface area contributed by atoms with Gasteiger partial charge in [0.1, 0.15) is 17.4 Å². The number of hydrogen-bond acceptors (Lipinski definition) is 7. The number of carbonyl (C=O) groups is 1. The number of rotatable bonds is 4. The van der Waals surface area contributed by atoms with Gasteiger partial charge in [0, 0.05) is 53.9 Å². The van der Waals surface area contributed by atoms with Crippen molar-refractivity contribution in [2.75, 3.05) is 25.5 Å². The molecule has 0 radical (unpaired) electrons. The molecule has 8 nitrogen and oxygen atoms in total. The summed E-state index contributed by atoms with van der Waals surface area (Å²) in [5.41, 5.74) is 5.39. The number of hydrogen-bond donors (Lipinski definition) is 3. The summed E-state index contributed by atoms with van der Waals surface area (Å²) < 4.78 is 19.7. The second-order valence-corrected chi connectivity index (χ2v) is 11.2. The molecular weight excluding hydrogens is 497 g/mol. The number of aryl methyl sites for hydroxylation is 3. The molecule has 1 aromatic carbocycles. The Morgan fingerprint density at radius 2 is 2.05 bits per heavy atom. The number of anilines is 1. The standard InChI is InChI=1S/C30H36FN5O3/c1-16-10-23(18(3)32)26(37)12-21(16)24-11-20-6-7-30(35-28(20)34-19(24)4)8-9-36(15-30)29(38)17(2)22-13-27(39-5)33-14-25(22)31/h10-12,14,17,22,32,37H,6-9,13,15H2,1-5H3,(H,34,35)/t17-,22?,30+/m1/s1. The Morgan fingerprint density at radius 1 is 1.28 bits per heavy atom. The van der Waals surface area contributed by atoms with Crippen LogP contribution < -0.4 is 5.32 Å². The molecule has 3 N–H and O–H groups in total. The summed E-state index contributed by atoms with van der Waals surface area (Å²) in [5.74, 6) is -0.142. The molecule has 3 aliphatic rings. The molecule has 0 aliphatic carbocycles. The third kappa shape index (κ3) is 4.90. The summed E-state index contributed by atoms with van der Waals surface area (Å²) in [7, 11) is 1.51. The van der Waals surface area contributed by atoms with E-state index in [-0.39, 0.29) is 29.4 Å². The molecule has 4 heterocycles. The van der Waals surface area contributed by atoms with Gasteiger partial charge in [-0.1, -0.05) is 6.92 Å². The second-order valence-electron chi connectivity index (χ2n) is 11.2. The quantitative estimate of drug-likeness (QED) is 0.462. The predicted molar refractivity (Wildman–Crippen MR) is 150 cm³/mol. The molecule has 2 aromatic rings. The zero-order chi connectivity index (χ0) is 28.1. The number of aromatic hydroxyl groups is 1. The Hall–Kier alpha value is -3.75. The van der Waals surface area contributed by atoms with E-state index in [2.05, 4.69) is 16.4 Å². The maximum atomic E-state index is 14.5. The van der Waals surface area contributed by atoms with Gasteiger partial charge in [0.25, 0.3) is 0 Å². The van der Waals surface area contributed by atoms with Gasteiger partial charge in [0.2, 0.25) is 5.91 Å². The largest absolute Gasteiger partial charge is 0.507 e. The van der Waals surface area contributed by atoms with Crippen molar-refractivity contribution >= 4 is 23.3 Å². The molecule has 1 spiro atoms. The molecule has 39 heavy (non-hydrogen) atoms. The van der Waals surface area contributed by atoms with Crippen molar-refractivity contribution in [3.05, 3.63) is 52.6 Å². The van der Waals surface area contributed by atoms with Crippen LogP contribution in [0, 0.1) is 31.1 Å². The topological polar surface area (TPSA) is 111 Å². The highest BCUT2D eigenvalue weighted by molar-refractivity contribution is 5.99. The number of fused-ring (bicyclic) bond motifs is 1. The van der Waals surface area contributed by atoms with Crippen LogP contribution in [0.5, 0.6) is 5.75 Å². The number of amides is 1. The van der Waals surface area contributed by atoms with Crippen LogP contribution in [0.4, 0.5) is 10.2 Å². The van der Waals surface area contributed by atoms with Crippen molar-refractivity contribution in [2.45, 2.75) is 58.9 Å². The molecule has 206 valence electrons. The van der Waals surface area contributed by atoms with Crippen LogP contribution in [0.15, 0.2) is 35.2 Å². The first kappa shape index (κ1) is 26.8. The van der Waals surface area contributed by atoms with E-state index in [4.69, 9.17) is 15.1 Å². The van der Waals surface area contributed by atoms with E-state index in [9.17, 15) is 14.3 Å². The zero-order valence-electron chi connectivity index (χ0n) is 23.2. The molecule has 1 fully saturated rings. The molecule has 1 saturated heterocycles. The first-order valence-corrected chi connectivity index (χ1v) is 13.4. The molecule has 5 rings (SSSR count). The molecule has 0 saturated carbocycles. The van der Waals surface area contributed by atoms with Gasteiger partial charge in [-0.15, -0.1) is 0 Å². The van der Waals surface area contributed by atoms with E-state index >= 15 is 0 Å². The molecule has 1 unspecified atom stereocenters. The summed E-state index contributed by atoms with van der Waals surface area (Å²) in [5, 5.41) is 22.1. The molecule has 1 amide bonds. The summed E-state index contributed by atoms with van der Waals surface area (Å²) >= 11 is 0. The number of pyridine rings is 1. The van der Waals surface area contributed by atoms with E-state index < -0.39 is 11.8 Å². The van der Waals surface area contributed by atoms with Crippen LogP contribution in [0.1, 0.15) is 55.5 Å². The lowest BCUT2D eigenvalue weighted by molar-refractivity contribution is -0.135. The summed E-state index contributed by atoms with van der Waals surface area (Å²) in [6, 6.07) is 5.72. The Morgan fingerprint density at radius 3 is 2.77 bits per heavy atom. The fourth-order valence-electron chi connectivity index (χ4n) is 6.14. The van der Waals surface area contributed by atoms with Crippen molar-refractivity contribution in [3.63, 3.8) is 0 Å². The fourth-order valence-corrected chi connectivity index (χ4v) is 6.14. The number of allylic oxidation sites excluding steroid dienone is 1. The minimum Gasteiger partial charge on any atom is -0.507 e. The lowest BCUT2D eigenvalue weighted by atomic mass is 9.85. The van der Waals surface area contributed by atoms with Gasteiger partial charge in [0.05, 0.1) is 18.8 Å². The van der Waals surface area contributed by atoms with Gasteiger partial charge in [0.15, 0.2) is 5.90 Å². The number of carbonyl (C=O) groups excluding carboxylic acids is 1. The predicted octanol–water partition coefficient (Wildman–Crippen LogP) is 5.30. The smallest absolute Gasteiger partial charge is 0.226 e. The van der Waals surface area contributed by atoms with Crippen LogP contribution in [0.2, 0.25) is 0 Å². The van der Waals surface area contributed by atoms with Gasteiger partial charge in [-0.2, -0.15) is 0 Å². The molecule has 3 aliphatic heterocycles. The number of aromatic nitrogens is 1. The van der Waals surface area contributed by atoms with E-state index in [1.807, 2.05) is 24.8 Å². The van der Waals surface area contributed by atoms with Gasteiger partial charge < -0.3 is 25.5 Å². The third-order valence-electron chi connectivity index (χ3n) is 8.56. The highest BCUT2D eigenvalue weighted by atomic mass is 19.1. The van der Waals surface area contributed by atoms with Crippen LogP contribution in [-0.4, -0.2) is 58.2 Å². The van der Waals surface area contributed by atoms with Crippen molar-refractivity contribution in [1.29, 1.82) is 5.41 Å². The van der Waals surface area contributed by atoms with Gasteiger partial charge >= 0.3 is 0 Å². The highest BCUT2D eigenvalue weighted by Gasteiger charge is 2.44. The number of phenols is 1. The van der Waals surface area contributed by atoms with Crippen molar-refractivity contribution < 1.29 is 19.0 Å². The van der Waals surface area contributed by atoms with Crippen molar-refractivity contribution in [2.24, 2.45) is 16.8 Å². The van der Waals surface area contributed by atoms with Crippen LogP contribution in [0.25, 0.3) is 11.1 Å². The summed E-state index contributed by atoms with van der Waals surface area (Å²) in [6.45, 7) is 8.56. The minimum atomic E-state index is -0.566. The van der Waals surface area contributed by atoms with E-state index in [1.54, 1.807) is 19.9 Å². The lowest BCUT2D eigenvalue weighted by Crippen LogP contribution is -2.46. The molecular formula is C30H36FN5O3. The average Bonchev–Trinajstić information content (AvgIpc) is 3.31. The first-order valence-electron chi connectivity index (χ1n) is 13.4. The Kier molecular flexibility index (Phi) is 6.95. The van der Waals surface area contributed by atoms with E-state index in [0.29, 0.717) is 30.3 Å². The Labute approximate surface area is 228 Å². The van der Waals surface area contributed by atoms with Gasteiger partial charge in [-0.25, -0.2) is 14.4 Å².